The second-order valence-corrected chi connectivity index (χ2v) is 8.30. The molecule has 6 nitrogen and oxygen atoms in total. The summed E-state index contributed by atoms with van der Waals surface area (Å²) in [6.45, 7) is 7.59. The van der Waals surface area contributed by atoms with Crippen LogP contribution in [0.25, 0.3) is 5.76 Å². The van der Waals surface area contributed by atoms with Crippen LogP contribution in [-0.2, 0) is 16.0 Å². The highest BCUT2D eigenvalue weighted by atomic mass is 16.5. The van der Waals surface area contributed by atoms with Crippen LogP contribution in [0.2, 0.25) is 0 Å². The Labute approximate surface area is 193 Å². The molecule has 1 aliphatic heterocycles. The molecule has 0 bridgehead atoms. The zero-order valence-electron chi connectivity index (χ0n) is 19.4. The topological polar surface area (TPSA) is 80.0 Å². The van der Waals surface area contributed by atoms with E-state index in [9.17, 15) is 14.7 Å². The number of benzene rings is 2. The van der Waals surface area contributed by atoms with Crippen molar-refractivity contribution < 1.29 is 23.8 Å². The SMILES string of the molecule is CCc1ccc(N2C(=O)C(=O)/C(=C(/O)c3cc(C)cc(C)c3OC)C2c2ccc(C)o2)cc1. The third kappa shape index (κ3) is 3.82. The van der Waals surface area contributed by atoms with Gasteiger partial charge in [-0.25, -0.2) is 0 Å². The molecule has 170 valence electrons. The first kappa shape index (κ1) is 22.4. The molecule has 1 aliphatic rings. The van der Waals surface area contributed by atoms with Crippen LogP contribution in [0.3, 0.4) is 0 Å². The molecule has 0 saturated carbocycles. The van der Waals surface area contributed by atoms with Crippen LogP contribution in [0, 0.1) is 20.8 Å². The van der Waals surface area contributed by atoms with E-state index in [0.717, 1.165) is 23.1 Å². The molecule has 2 heterocycles. The van der Waals surface area contributed by atoms with Gasteiger partial charge in [-0.05, 0) is 74.2 Å². The number of methoxy groups -OCH3 is 1. The first-order valence-corrected chi connectivity index (χ1v) is 10.9. The highest BCUT2D eigenvalue weighted by molar-refractivity contribution is 6.51. The lowest BCUT2D eigenvalue weighted by atomic mass is 9.96. The van der Waals surface area contributed by atoms with Crippen LogP contribution < -0.4 is 9.64 Å². The van der Waals surface area contributed by atoms with E-state index < -0.39 is 17.7 Å². The van der Waals surface area contributed by atoms with E-state index in [-0.39, 0.29) is 11.3 Å². The minimum Gasteiger partial charge on any atom is -0.507 e. The Bertz CT molecular complexity index is 1270. The van der Waals surface area contributed by atoms with Gasteiger partial charge >= 0.3 is 0 Å². The molecule has 2 aromatic carbocycles. The number of Topliss-reactive ketones (excluding diaryl/α,β-unsaturated/α-hetero) is 1. The number of anilines is 1. The van der Waals surface area contributed by atoms with E-state index in [2.05, 4.69) is 0 Å². The molecule has 3 aromatic rings. The largest absolute Gasteiger partial charge is 0.507 e. The van der Waals surface area contributed by atoms with Crippen LogP contribution in [0.15, 0.2) is 58.5 Å². The van der Waals surface area contributed by atoms with E-state index in [1.165, 1.54) is 12.0 Å². The van der Waals surface area contributed by atoms with Crippen molar-refractivity contribution in [1.29, 1.82) is 0 Å². The summed E-state index contributed by atoms with van der Waals surface area (Å²) in [6.07, 6.45) is 0.854. The lowest BCUT2D eigenvalue weighted by Gasteiger charge is -2.24. The van der Waals surface area contributed by atoms with Gasteiger partial charge in [0.05, 0.1) is 18.2 Å². The number of aliphatic hydroxyl groups is 1. The van der Waals surface area contributed by atoms with Crippen molar-refractivity contribution in [2.45, 2.75) is 40.2 Å². The van der Waals surface area contributed by atoms with Crippen molar-refractivity contribution in [3.8, 4) is 5.75 Å². The number of carbonyl (C=O) groups is 2. The molecular weight excluding hydrogens is 418 g/mol. The highest BCUT2D eigenvalue weighted by Crippen LogP contribution is 2.44. The van der Waals surface area contributed by atoms with Gasteiger partial charge in [0, 0.05) is 5.69 Å². The first-order valence-electron chi connectivity index (χ1n) is 10.9. The molecule has 1 fully saturated rings. The molecule has 0 spiro atoms. The van der Waals surface area contributed by atoms with Crippen LogP contribution in [0.1, 0.15) is 46.7 Å². The minimum absolute atomic E-state index is 0.0304. The van der Waals surface area contributed by atoms with Crippen molar-refractivity contribution in [3.05, 3.63) is 87.9 Å². The average molecular weight is 446 g/mol. The Morgan fingerprint density at radius 2 is 1.76 bits per heavy atom. The molecule has 1 atom stereocenters. The Hall–Kier alpha value is -3.80. The molecule has 4 rings (SSSR count). The van der Waals surface area contributed by atoms with Gasteiger partial charge < -0.3 is 14.3 Å². The van der Waals surface area contributed by atoms with E-state index in [4.69, 9.17) is 9.15 Å². The summed E-state index contributed by atoms with van der Waals surface area (Å²) < 4.78 is 11.4. The third-order valence-electron chi connectivity index (χ3n) is 5.98. The van der Waals surface area contributed by atoms with Crippen LogP contribution in [-0.4, -0.2) is 23.9 Å². The van der Waals surface area contributed by atoms with Crippen molar-refractivity contribution in [1.82, 2.24) is 0 Å². The van der Waals surface area contributed by atoms with Crippen LogP contribution >= 0.6 is 0 Å². The Morgan fingerprint density at radius 1 is 1.06 bits per heavy atom. The molecular formula is C27H27NO5. The average Bonchev–Trinajstić information content (AvgIpc) is 3.33. The molecule has 0 aliphatic carbocycles. The van der Waals surface area contributed by atoms with E-state index >= 15 is 0 Å². The fourth-order valence-corrected chi connectivity index (χ4v) is 4.41. The summed E-state index contributed by atoms with van der Waals surface area (Å²) in [4.78, 5) is 27.9. The molecule has 0 radical (unpaired) electrons. The number of ether oxygens (including phenoxy) is 1. The highest BCUT2D eigenvalue weighted by Gasteiger charge is 2.48. The van der Waals surface area contributed by atoms with Gasteiger partial charge in [0.25, 0.3) is 11.7 Å². The number of amides is 1. The van der Waals surface area contributed by atoms with Crippen LogP contribution in [0.5, 0.6) is 5.75 Å². The fourth-order valence-electron chi connectivity index (χ4n) is 4.41. The lowest BCUT2D eigenvalue weighted by Crippen LogP contribution is -2.29. The number of furan rings is 1. The van der Waals surface area contributed by atoms with E-state index in [1.54, 1.807) is 25.1 Å². The number of aryl methyl sites for hydroxylation is 4. The maximum absolute atomic E-state index is 13.3. The zero-order chi connectivity index (χ0) is 23.9. The van der Waals surface area contributed by atoms with Gasteiger partial charge in [-0.3, -0.25) is 14.5 Å². The third-order valence-corrected chi connectivity index (χ3v) is 5.98. The van der Waals surface area contributed by atoms with Gasteiger partial charge in [-0.2, -0.15) is 0 Å². The Morgan fingerprint density at radius 3 is 2.33 bits per heavy atom. The summed E-state index contributed by atoms with van der Waals surface area (Å²) in [5.41, 5.74) is 3.71. The predicted molar refractivity (Wildman–Crippen MR) is 127 cm³/mol. The minimum atomic E-state index is -0.906. The summed E-state index contributed by atoms with van der Waals surface area (Å²) in [5.74, 6) is -0.290. The Kier molecular flexibility index (Phi) is 5.85. The lowest BCUT2D eigenvalue weighted by molar-refractivity contribution is -0.132. The summed E-state index contributed by atoms with van der Waals surface area (Å²) >= 11 is 0. The second-order valence-electron chi connectivity index (χ2n) is 8.30. The molecule has 1 N–H and O–H groups in total. The molecule has 33 heavy (non-hydrogen) atoms. The van der Waals surface area contributed by atoms with Crippen molar-refractivity contribution in [3.63, 3.8) is 0 Å². The van der Waals surface area contributed by atoms with Gasteiger partial charge in [0.15, 0.2) is 0 Å². The maximum atomic E-state index is 13.3. The molecule has 1 amide bonds. The van der Waals surface area contributed by atoms with Gasteiger partial charge in [0.1, 0.15) is 29.1 Å². The second kappa shape index (κ2) is 8.62. The number of hydrogen-bond acceptors (Lipinski definition) is 5. The number of carbonyl (C=O) groups excluding carboxylic acids is 2. The molecule has 1 unspecified atom stereocenters. The predicted octanol–water partition coefficient (Wildman–Crippen LogP) is 5.40. The monoisotopic (exact) mass is 445 g/mol. The van der Waals surface area contributed by atoms with Crippen molar-refractivity contribution in [2.75, 3.05) is 12.0 Å². The van der Waals surface area contributed by atoms with Gasteiger partial charge in [-0.15, -0.1) is 0 Å². The van der Waals surface area contributed by atoms with Gasteiger partial charge in [0.2, 0.25) is 0 Å². The smallest absolute Gasteiger partial charge is 0.300 e. The fraction of sp³-hybridized carbons (Fsp3) is 0.259. The number of nitrogens with zero attached hydrogens (tertiary/aromatic N) is 1. The van der Waals surface area contributed by atoms with Crippen molar-refractivity contribution in [2.24, 2.45) is 0 Å². The zero-order valence-corrected chi connectivity index (χ0v) is 19.4. The maximum Gasteiger partial charge on any atom is 0.300 e. The quantitative estimate of drug-likeness (QED) is 0.323. The molecule has 6 heteroatoms. The first-order chi connectivity index (χ1) is 15.8. The van der Waals surface area contributed by atoms with Gasteiger partial charge in [-0.1, -0.05) is 25.1 Å². The molecule has 1 saturated heterocycles. The normalized spacial score (nSPS) is 17.6. The van der Waals surface area contributed by atoms with Crippen LogP contribution in [0.4, 0.5) is 5.69 Å². The standard InChI is InChI=1S/C27H27NO5/c1-6-18-8-10-19(11-9-18)28-23(21-12-7-17(4)33-21)22(25(30)27(28)31)24(29)20-14-15(2)13-16(3)26(20)32-5/h7-14,23,29H,6H2,1-5H3/b24-22+. The summed E-state index contributed by atoms with van der Waals surface area (Å²) in [5, 5.41) is 11.4. The molecule has 1 aromatic heterocycles. The number of aliphatic hydroxyl groups excluding tert-OH is 1. The summed E-state index contributed by atoms with van der Waals surface area (Å²) in [6, 6.07) is 13.7. The summed E-state index contributed by atoms with van der Waals surface area (Å²) in [7, 11) is 1.51. The Balaban J connectivity index is 1.97. The van der Waals surface area contributed by atoms with Crippen molar-refractivity contribution >= 4 is 23.1 Å². The van der Waals surface area contributed by atoms with E-state index in [1.807, 2.05) is 51.1 Å². The number of hydrogen-bond donors (Lipinski definition) is 1. The number of ketones is 1. The van der Waals surface area contributed by atoms with E-state index in [0.29, 0.717) is 28.5 Å². The number of rotatable bonds is 5.